The summed E-state index contributed by atoms with van der Waals surface area (Å²) in [5.74, 6) is 0.614. The minimum atomic E-state index is 0.614. The summed E-state index contributed by atoms with van der Waals surface area (Å²) in [7, 11) is 0. The number of halogens is 2. The predicted molar refractivity (Wildman–Crippen MR) is 34.9 cm³/mol. The van der Waals surface area contributed by atoms with Crippen molar-refractivity contribution in [3.8, 4) is 0 Å². The molecule has 0 atom stereocenters. The molecule has 0 aromatic heterocycles. The van der Waals surface area contributed by atoms with Crippen molar-refractivity contribution >= 4 is 23.2 Å². The molecule has 0 saturated heterocycles. The first-order valence-corrected chi connectivity index (χ1v) is 3.09. The zero-order valence-corrected chi connectivity index (χ0v) is 5.76. The number of alkyl halides is 1. The predicted octanol–water partition coefficient (Wildman–Crippen LogP) is 2.76. The molecule has 0 fully saturated rings. The van der Waals surface area contributed by atoms with Crippen molar-refractivity contribution in [2.24, 2.45) is 0 Å². The van der Waals surface area contributed by atoms with E-state index in [2.05, 4.69) is 0 Å². The van der Waals surface area contributed by atoms with Crippen molar-refractivity contribution in [1.29, 1.82) is 0 Å². The van der Waals surface area contributed by atoms with Crippen LogP contribution in [0.2, 0.25) is 0 Å². The van der Waals surface area contributed by atoms with Crippen molar-refractivity contribution in [1.82, 2.24) is 0 Å². The molecule has 42 valence electrons. The van der Waals surface area contributed by atoms with Gasteiger partial charge in [0.25, 0.3) is 0 Å². The van der Waals surface area contributed by atoms with Crippen LogP contribution in [0.5, 0.6) is 0 Å². The third kappa shape index (κ3) is 4.17. The second-order valence-corrected chi connectivity index (χ2v) is 2.04. The molecular formula is C5H8Cl2. The molecule has 0 spiro atoms. The van der Waals surface area contributed by atoms with E-state index in [1.807, 2.05) is 13.0 Å². The molecule has 0 aliphatic carbocycles. The summed E-state index contributed by atoms with van der Waals surface area (Å²) >= 11 is 10.9. The van der Waals surface area contributed by atoms with Crippen LogP contribution in [0.15, 0.2) is 11.1 Å². The minimum absolute atomic E-state index is 0.614. The van der Waals surface area contributed by atoms with Gasteiger partial charge >= 0.3 is 0 Å². The number of rotatable bonds is 2. The summed E-state index contributed by atoms with van der Waals surface area (Å²) in [5.41, 5.74) is 0. The molecule has 0 bridgehead atoms. The standard InChI is InChI=1S/C5H8Cl2/c1-2-5(7)3-4-6/h2H,3-4H2,1H3/b5-2+. The fraction of sp³-hybridized carbons (Fsp3) is 0.600. The highest BCUT2D eigenvalue weighted by molar-refractivity contribution is 6.30. The van der Waals surface area contributed by atoms with Crippen LogP contribution in [0, 0.1) is 0 Å². The summed E-state index contributed by atoms with van der Waals surface area (Å²) in [6, 6.07) is 0. The summed E-state index contributed by atoms with van der Waals surface area (Å²) in [6.45, 7) is 1.90. The average molecular weight is 139 g/mol. The SMILES string of the molecule is C/C=C(/Cl)CCCl. The van der Waals surface area contributed by atoms with E-state index in [9.17, 15) is 0 Å². The van der Waals surface area contributed by atoms with E-state index in [1.165, 1.54) is 0 Å². The normalized spacial score (nSPS) is 12.1. The Hall–Kier alpha value is 0.320. The lowest BCUT2D eigenvalue weighted by molar-refractivity contribution is 1.20. The van der Waals surface area contributed by atoms with Gasteiger partial charge in [0.1, 0.15) is 0 Å². The molecule has 7 heavy (non-hydrogen) atoms. The Morgan fingerprint density at radius 2 is 2.29 bits per heavy atom. The molecule has 0 radical (unpaired) electrons. The van der Waals surface area contributed by atoms with Crippen LogP contribution in [0.3, 0.4) is 0 Å². The molecule has 0 aromatic rings. The van der Waals surface area contributed by atoms with Crippen LogP contribution in [0.25, 0.3) is 0 Å². The molecule has 2 heteroatoms. The molecule has 0 aliphatic heterocycles. The maximum Gasteiger partial charge on any atom is 0.0272 e. The first-order chi connectivity index (χ1) is 3.31. The Bertz CT molecular complexity index is 66.5. The Morgan fingerprint density at radius 3 is 2.43 bits per heavy atom. The summed E-state index contributed by atoms with van der Waals surface area (Å²) in [4.78, 5) is 0. The molecule has 0 saturated carbocycles. The monoisotopic (exact) mass is 138 g/mol. The van der Waals surface area contributed by atoms with Gasteiger partial charge in [-0.1, -0.05) is 17.7 Å². The Morgan fingerprint density at radius 1 is 1.71 bits per heavy atom. The Balaban J connectivity index is 3.17. The number of hydrogen-bond acceptors (Lipinski definition) is 0. The van der Waals surface area contributed by atoms with Crippen LogP contribution in [-0.4, -0.2) is 5.88 Å². The summed E-state index contributed by atoms with van der Waals surface area (Å²) < 4.78 is 0. The van der Waals surface area contributed by atoms with Gasteiger partial charge in [0.05, 0.1) is 0 Å². The van der Waals surface area contributed by atoms with Gasteiger partial charge in [-0.25, -0.2) is 0 Å². The lowest BCUT2D eigenvalue weighted by Gasteiger charge is -1.86. The number of allylic oxidation sites excluding steroid dienone is 2. The van der Waals surface area contributed by atoms with Crippen LogP contribution in [0.4, 0.5) is 0 Å². The highest BCUT2D eigenvalue weighted by Crippen LogP contribution is 2.06. The maximum atomic E-state index is 5.54. The molecule has 0 unspecified atom stereocenters. The maximum absolute atomic E-state index is 5.54. The van der Waals surface area contributed by atoms with E-state index < -0.39 is 0 Å². The zero-order chi connectivity index (χ0) is 5.70. The largest absolute Gasteiger partial charge is 0.126 e. The first kappa shape index (κ1) is 7.32. The van der Waals surface area contributed by atoms with E-state index >= 15 is 0 Å². The fourth-order valence-electron chi connectivity index (χ4n) is 0.235. The van der Waals surface area contributed by atoms with Gasteiger partial charge in [-0.3, -0.25) is 0 Å². The number of hydrogen-bond donors (Lipinski definition) is 0. The smallest absolute Gasteiger partial charge is 0.0272 e. The van der Waals surface area contributed by atoms with Gasteiger partial charge in [-0.15, -0.1) is 11.6 Å². The van der Waals surface area contributed by atoms with Crippen molar-refractivity contribution in [2.45, 2.75) is 13.3 Å². The van der Waals surface area contributed by atoms with Gasteiger partial charge in [0.2, 0.25) is 0 Å². The van der Waals surface area contributed by atoms with Gasteiger partial charge in [-0.2, -0.15) is 0 Å². The molecule has 0 aliphatic rings. The van der Waals surface area contributed by atoms with E-state index in [0.29, 0.717) is 5.88 Å². The molecule has 0 N–H and O–H groups in total. The van der Waals surface area contributed by atoms with Crippen molar-refractivity contribution in [2.75, 3.05) is 5.88 Å². The zero-order valence-electron chi connectivity index (χ0n) is 4.25. The lowest BCUT2D eigenvalue weighted by atomic mass is 10.4. The lowest BCUT2D eigenvalue weighted by Crippen LogP contribution is -1.71. The molecule has 0 nitrogen and oxygen atoms in total. The van der Waals surface area contributed by atoms with E-state index in [0.717, 1.165) is 11.5 Å². The topological polar surface area (TPSA) is 0 Å². The van der Waals surface area contributed by atoms with Crippen LogP contribution < -0.4 is 0 Å². The van der Waals surface area contributed by atoms with Crippen molar-refractivity contribution in [3.05, 3.63) is 11.1 Å². The molecule has 0 rings (SSSR count). The van der Waals surface area contributed by atoms with Gasteiger partial charge < -0.3 is 0 Å². The Labute approximate surface area is 54.1 Å². The van der Waals surface area contributed by atoms with Gasteiger partial charge in [0.15, 0.2) is 0 Å². The van der Waals surface area contributed by atoms with Gasteiger partial charge in [-0.05, 0) is 13.3 Å². The highest BCUT2D eigenvalue weighted by atomic mass is 35.5. The van der Waals surface area contributed by atoms with E-state index in [4.69, 9.17) is 23.2 Å². The first-order valence-electron chi connectivity index (χ1n) is 2.18. The van der Waals surface area contributed by atoms with Crippen molar-refractivity contribution in [3.63, 3.8) is 0 Å². The Kier molecular flexibility index (Phi) is 4.68. The third-order valence-corrected chi connectivity index (χ3v) is 1.24. The molecule has 0 amide bonds. The third-order valence-electron chi connectivity index (χ3n) is 0.647. The van der Waals surface area contributed by atoms with E-state index in [-0.39, 0.29) is 0 Å². The van der Waals surface area contributed by atoms with Crippen molar-refractivity contribution < 1.29 is 0 Å². The quantitative estimate of drug-likeness (QED) is 0.516. The summed E-state index contributed by atoms with van der Waals surface area (Å²) in [5, 5.41) is 0.843. The highest BCUT2D eigenvalue weighted by Gasteiger charge is 1.84. The average Bonchev–Trinajstić information content (AvgIpc) is 1.68. The molecular weight excluding hydrogens is 131 g/mol. The van der Waals surface area contributed by atoms with Crippen LogP contribution >= 0.6 is 23.2 Å². The van der Waals surface area contributed by atoms with Crippen LogP contribution in [0.1, 0.15) is 13.3 Å². The minimum Gasteiger partial charge on any atom is -0.126 e. The van der Waals surface area contributed by atoms with Crippen LogP contribution in [-0.2, 0) is 0 Å². The second-order valence-electron chi connectivity index (χ2n) is 1.17. The fourth-order valence-corrected chi connectivity index (χ4v) is 0.629. The van der Waals surface area contributed by atoms with E-state index in [1.54, 1.807) is 0 Å². The molecule has 0 aromatic carbocycles. The summed E-state index contributed by atoms with van der Waals surface area (Å²) in [6.07, 6.45) is 2.64. The second kappa shape index (κ2) is 4.48. The molecule has 0 heterocycles. The van der Waals surface area contributed by atoms with Gasteiger partial charge in [0, 0.05) is 10.9 Å².